The molecular formula is C32H37NO5S. The summed E-state index contributed by atoms with van der Waals surface area (Å²) < 4.78 is 28.6. The lowest BCUT2D eigenvalue weighted by Crippen LogP contribution is -2.10. The van der Waals surface area contributed by atoms with E-state index in [0.717, 1.165) is 36.3 Å². The summed E-state index contributed by atoms with van der Waals surface area (Å²) in [5, 5.41) is 22.2. The molecule has 3 N–H and O–H groups in total. The van der Waals surface area contributed by atoms with Crippen LogP contribution >= 0.6 is 0 Å². The molecule has 206 valence electrons. The van der Waals surface area contributed by atoms with Gasteiger partial charge in [-0.3, -0.25) is 0 Å². The maximum atomic E-state index is 11.4. The number of aryl methyl sites for hydroxylation is 2. The molecule has 0 saturated carbocycles. The standard InChI is InChI=1S/C32H37NO5S/c1-3-6-26(21-32(34)35)24-11-13-28(14-12-24)33-22-23-9-10-25-7-4-8-27-20-29(15-16-30(27)31(25)19-23)38-17-5-18-39(2,36)37/h9-16,19-20,26,32-35H,4-5,7-8,17-18,21-22H2,1-2H3/t26-/m0/s1. The number of fused-ring (bicyclic) bond motifs is 3. The number of hydrogen-bond acceptors (Lipinski definition) is 6. The molecule has 0 saturated heterocycles. The average molecular weight is 548 g/mol. The predicted octanol–water partition coefficient (Wildman–Crippen LogP) is 5.08. The second-order valence-corrected chi connectivity index (χ2v) is 12.4. The van der Waals surface area contributed by atoms with Gasteiger partial charge in [-0.05, 0) is 96.3 Å². The second kappa shape index (κ2) is 13.2. The van der Waals surface area contributed by atoms with Crippen LogP contribution in [0.1, 0.15) is 54.4 Å². The van der Waals surface area contributed by atoms with Gasteiger partial charge in [-0.25, -0.2) is 8.42 Å². The first-order valence-corrected chi connectivity index (χ1v) is 15.5. The third kappa shape index (κ3) is 8.34. The first-order valence-electron chi connectivity index (χ1n) is 13.4. The summed E-state index contributed by atoms with van der Waals surface area (Å²) in [6.07, 6.45) is 3.59. The molecule has 0 bridgehead atoms. The maximum absolute atomic E-state index is 11.4. The molecule has 1 aliphatic carbocycles. The van der Waals surface area contributed by atoms with E-state index in [9.17, 15) is 18.6 Å². The van der Waals surface area contributed by atoms with Crippen molar-refractivity contribution in [2.45, 2.75) is 57.8 Å². The van der Waals surface area contributed by atoms with E-state index < -0.39 is 16.1 Å². The monoisotopic (exact) mass is 547 g/mol. The molecule has 39 heavy (non-hydrogen) atoms. The Balaban J connectivity index is 1.44. The summed E-state index contributed by atoms with van der Waals surface area (Å²) in [7, 11) is -2.98. The summed E-state index contributed by atoms with van der Waals surface area (Å²) in [5.74, 6) is 6.63. The molecule has 6 nitrogen and oxygen atoms in total. The van der Waals surface area contributed by atoms with Gasteiger partial charge in [-0.2, -0.15) is 0 Å². The zero-order chi connectivity index (χ0) is 27.8. The molecule has 0 heterocycles. The lowest BCUT2D eigenvalue weighted by Gasteiger charge is -2.15. The van der Waals surface area contributed by atoms with Gasteiger partial charge in [0.1, 0.15) is 15.6 Å². The van der Waals surface area contributed by atoms with Crippen LogP contribution in [0.2, 0.25) is 0 Å². The number of ether oxygens (including phenoxy) is 1. The van der Waals surface area contributed by atoms with Gasteiger partial charge >= 0.3 is 0 Å². The number of nitrogens with one attached hydrogen (secondary N) is 1. The van der Waals surface area contributed by atoms with Crippen molar-refractivity contribution in [1.82, 2.24) is 0 Å². The largest absolute Gasteiger partial charge is 0.494 e. The molecule has 4 rings (SSSR count). The van der Waals surface area contributed by atoms with E-state index in [1.165, 1.54) is 34.1 Å². The molecule has 0 unspecified atom stereocenters. The minimum atomic E-state index is -2.98. The summed E-state index contributed by atoms with van der Waals surface area (Å²) in [5.41, 5.74) is 8.22. The Morgan fingerprint density at radius 2 is 1.74 bits per heavy atom. The number of aliphatic hydroxyl groups is 2. The van der Waals surface area contributed by atoms with Gasteiger partial charge in [-0.15, -0.1) is 5.92 Å². The number of hydrogen-bond donors (Lipinski definition) is 3. The zero-order valence-electron chi connectivity index (χ0n) is 22.6. The summed E-state index contributed by atoms with van der Waals surface area (Å²) >= 11 is 0. The number of anilines is 1. The minimum Gasteiger partial charge on any atom is -0.494 e. The van der Waals surface area contributed by atoms with Crippen LogP contribution in [0.4, 0.5) is 5.69 Å². The fraction of sp³-hybridized carbons (Fsp3) is 0.375. The van der Waals surface area contributed by atoms with Crippen LogP contribution in [0.15, 0.2) is 60.7 Å². The minimum absolute atomic E-state index is 0.133. The zero-order valence-corrected chi connectivity index (χ0v) is 23.4. The van der Waals surface area contributed by atoms with E-state index in [1.54, 1.807) is 6.92 Å². The van der Waals surface area contributed by atoms with Crippen LogP contribution in [0.25, 0.3) is 11.1 Å². The fourth-order valence-corrected chi connectivity index (χ4v) is 5.66. The topological polar surface area (TPSA) is 95.9 Å². The van der Waals surface area contributed by atoms with Gasteiger partial charge < -0.3 is 20.3 Å². The van der Waals surface area contributed by atoms with Crippen molar-refractivity contribution in [3.63, 3.8) is 0 Å². The number of aliphatic hydroxyl groups excluding tert-OH is 1. The highest BCUT2D eigenvalue weighted by atomic mass is 32.2. The van der Waals surface area contributed by atoms with Crippen LogP contribution in [-0.2, 0) is 29.2 Å². The van der Waals surface area contributed by atoms with Crippen LogP contribution in [-0.4, -0.2) is 43.5 Å². The maximum Gasteiger partial charge on any atom is 0.152 e. The van der Waals surface area contributed by atoms with Crippen LogP contribution in [0, 0.1) is 11.8 Å². The lowest BCUT2D eigenvalue weighted by atomic mass is 9.94. The Bertz CT molecular complexity index is 1440. The molecule has 0 radical (unpaired) electrons. The van der Waals surface area contributed by atoms with Crippen molar-refractivity contribution in [2.75, 3.05) is 23.9 Å². The summed E-state index contributed by atoms with van der Waals surface area (Å²) in [6.45, 7) is 2.81. The SMILES string of the molecule is CC#C[C@@H](CC(O)O)c1ccc(NCc2ccc3c(c2)-c2ccc(OCCCS(C)(=O)=O)cc2CCC3)cc1. The molecule has 0 aromatic heterocycles. The Hall–Kier alpha value is -3.31. The third-order valence-electron chi connectivity index (χ3n) is 6.94. The van der Waals surface area contributed by atoms with E-state index >= 15 is 0 Å². The van der Waals surface area contributed by atoms with Gasteiger partial charge in [0.05, 0.1) is 12.4 Å². The highest BCUT2D eigenvalue weighted by molar-refractivity contribution is 7.90. The molecule has 1 atom stereocenters. The van der Waals surface area contributed by atoms with Crippen LogP contribution in [0.3, 0.4) is 0 Å². The number of benzene rings is 3. The molecule has 7 heteroatoms. The molecule has 0 amide bonds. The Kier molecular flexibility index (Phi) is 9.68. The average Bonchev–Trinajstić information content (AvgIpc) is 3.08. The fourth-order valence-electron chi connectivity index (χ4n) is 5.01. The summed E-state index contributed by atoms with van der Waals surface area (Å²) in [4.78, 5) is 0. The van der Waals surface area contributed by atoms with Crippen molar-refractivity contribution < 1.29 is 23.4 Å². The van der Waals surface area contributed by atoms with Gasteiger partial charge in [0.2, 0.25) is 0 Å². The molecule has 0 aliphatic heterocycles. The number of sulfone groups is 1. The highest BCUT2D eigenvalue weighted by Crippen LogP contribution is 2.35. The molecule has 1 aliphatic rings. The van der Waals surface area contributed by atoms with Crippen LogP contribution < -0.4 is 10.1 Å². The Labute approximate surface area is 232 Å². The normalized spacial score (nSPS) is 13.5. The van der Waals surface area contributed by atoms with E-state index in [1.807, 2.05) is 30.3 Å². The molecule has 0 spiro atoms. The highest BCUT2D eigenvalue weighted by Gasteiger charge is 2.16. The van der Waals surface area contributed by atoms with Crippen molar-refractivity contribution >= 4 is 15.5 Å². The smallest absolute Gasteiger partial charge is 0.152 e. The number of rotatable bonds is 11. The van der Waals surface area contributed by atoms with Crippen molar-refractivity contribution in [2.24, 2.45) is 0 Å². The Morgan fingerprint density at radius 1 is 0.974 bits per heavy atom. The van der Waals surface area contributed by atoms with Gasteiger partial charge in [0.15, 0.2) is 6.29 Å². The Morgan fingerprint density at radius 3 is 2.46 bits per heavy atom. The van der Waals surface area contributed by atoms with Crippen LogP contribution in [0.5, 0.6) is 5.75 Å². The van der Waals surface area contributed by atoms with E-state index in [2.05, 4.69) is 47.5 Å². The van der Waals surface area contributed by atoms with Gasteiger partial charge in [0.25, 0.3) is 0 Å². The first-order chi connectivity index (χ1) is 18.7. The second-order valence-electron chi connectivity index (χ2n) is 10.1. The van der Waals surface area contributed by atoms with Crippen molar-refractivity contribution in [3.8, 4) is 28.7 Å². The van der Waals surface area contributed by atoms with Gasteiger partial charge in [-0.1, -0.05) is 36.3 Å². The van der Waals surface area contributed by atoms with E-state index in [-0.39, 0.29) is 18.1 Å². The van der Waals surface area contributed by atoms with Crippen molar-refractivity contribution in [1.29, 1.82) is 0 Å². The third-order valence-corrected chi connectivity index (χ3v) is 7.97. The molecular weight excluding hydrogens is 510 g/mol. The predicted molar refractivity (Wildman–Crippen MR) is 157 cm³/mol. The van der Waals surface area contributed by atoms with E-state index in [0.29, 0.717) is 19.6 Å². The van der Waals surface area contributed by atoms with Crippen molar-refractivity contribution in [3.05, 3.63) is 82.9 Å². The van der Waals surface area contributed by atoms with E-state index in [4.69, 9.17) is 4.74 Å². The first kappa shape index (κ1) is 28.7. The molecule has 0 fully saturated rings. The lowest BCUT2D eigenvalue weighted by molar-refractivity contribution is -0.0468. The quantitative estimate of drug-likeness (QED) is 0.176. The van der Waals surface area contributed by atoms with Gasteiger partial charge in [0, 0.05) is 30.8 Å². The summed E-state index contributed by atoms with van der Waals surface area (Å²) in [6, 6.07) is 20.8. The molecule has 3 aromatic rings. The molecule has 3 aromatic carbocycles.